The van der Waals surface area contributed by atoms with Gasteiger partial charge in [0.05, 0.1) is 12.0 Å². The van der Waals surface area contributed by atoms with Crippen LogP contribution in [0.3, 0.4) is 0 Å². The van der Waals surface area contributed by atoms with E-state index < -0.39 is 15.9 Å². The van der Waals surface area contributed by atoms with Crippen molar-refractivity contribution in [2.45, 2.75) is 4.90 Å². The van der Waals surface area contributed by atoms with E-state index in [2.05, 4.69) is 5.32 Å². The lowest BCUT2D eigenvalue weighted by atomic mass is 10.1. The zero-order chi connectivity index (χ0) is 19.2. The molecule has 0 bridgehead atoms. The molecule has 0 aliphatic heterocycles. The number of benzene rings is 2. The maximum atomic E-state index is 12.2. The van der Waals surface area contributed by atoms with Crippen molar-refractivity contribution in [1.82, 2.24) is 10.0 Å². The van der Waals surface area contributed by atoms with E-state index in [-0.39, 0.29) is 10.8 Å². The highest BCUT2D eigenvalue weighted by Gasteiger charge is 2.16. The van der Waals surface area contributed by atoms with Gasteiger partial charge in [-0.15, -0.1) is 0 Å². The summed E-state index contributed by atoms with van der Waals surface area (Å²) in [5, 5.41) is 2.50. The fraction of sp³-hybridized carbons (Fsp3) is 0.111. The van der Waals surface area contributed by atoms with Crippen molar-refractivity contribution in [2.24, 2.45) is 0 Å². The third kappa shape index (κ3) is 4.93. The van der Waals surface area contributed by atoms with E-state index >= 15 is 0 Å². The van der Waals surface area contributed by atoms with E-state index in [1.807, 2.05) is 4.72 Å². The fourth-order valence-corrected chi connectivity index (χ4v) is 2.99. The molecule has 0 aliphatic carbocycles. The van der Waals surface area contributed by atoms with E-state index in [1.54, 1.807) is 24.3 Å². The lowest BCUT2D eigenvalue weighted by Crippen LogP contribution is -2.28. The molecule has 0 radical (unpaired) electrons. The zero-order valence-electron chi connectivity index (χ0n) is 14.2. The molecule has 8 heteroatoms. The minimum absolute atomic E-state index is 0.0463. The Morgan fingerprint density at radius 1 is 1.00 bits per heavy atom. The van der Waals surface area contributed by atoms with Crippen molar-refractivity contribution in [3.05, 3.63) is 65.7 Å². The van der Waals surface area contributed by atoms with Gasteiger partial charge in [-0.25, -0.2) is 13.1 Å². The number of nitrogens with one attached hydrogen (secondary N) is 2. The summed E-state index contributed by atoms with van der Waals surface area (Å²) in [6.45, 7) is 0. The molecule has 0 saturated carbocycles. The van der Waals surface area contributed by atoms with Crippen LogP contribution in [0, 0.1) is 0 Å². The smallest absolute Gasteiger partial charge is 0.264 e. The first-order chi connectivity index (χ1) is 12.4. The third-order valence-electron chi connectivity index (χ3n) is 3.43. The first kappa shape index (κ1) is 19.2. The molecule has 0 fully saturated rings. The fourth-order valence-electron chi connectivity index (χ4n) is 2.04. The van der Waals surface area contributed by atoms with Gasteiger partial charge in [0.15, 0.2) is 0 Å². The van der Waals surface area contributed by atoms with Gasteiger partial charge in [-0.1, -0.05) is 12.1 Å². The van der Waals surface area contributed by atoms with Crippen molar-refractivity contribution in [3.8, 4) is 5.75 Å². The molecule has 0 saturated heterocycles. The van der Waals surface area contributed by atoms with Gasteiger partial charge in [0.25, 0.3) is 21.8 Å². The number of carbonyl (C=O) groups is 2. The van der Waals surface area contributed by atoms with Gasteiger partial charge in [-0.2, -0.15) is 0 Å². The molecule has 2 aromatic carbocycles. The predicted molar refractivity (Wildman–Crippen MR) is 97.2 cm³/mol. The number of carbonyl (C=O) groups excluding carboxylic acids is 2. The van der Waals surface area contributed by atoms with Crippen LogP contribution in [-0.4, -0.2) is 34.4 Å². The van der Waals surface area contributed by atoms with E-state index in [4.69, 9.17) is 4.74 Å². The Hall–Kier alpha value is -3.13. The summed E-state index contributed by atoms with van der Waals surface area (Å²) in [4.78, 5) is 23.3. The van der Waals surface area contributed by atoms with E-state index in [1.165, 1.54) is 44.5 Å². The monoisotopic (exact) mass is 374 g/mol. The Morgan fingerprint density at radius 3 is 2.15 bits per heavy atom. The Labute approximate surface area is 151 Å². The van der Waals surface area contributed by atoms with Gasteiger partial charge in [0, 0.05) is 18.7 Å². The van der Waals surface area contributed by atoms with Crippen LogP contribution in [0.4, 0.5) is 0 Å². The van der Waals surface area contributed by atoms with Crippen LogP contribution in [0.15, 0.2) is 59.5 Å². The SMILES string of the molecule is CNC(=O)c1ccc(/C=C/C(=O)NS(=O)(=O)c2ccc(OC)cc2)cc1. The van der Waals surface area contributed by atoms with Crippen molar-refractivity contribution in [2.75, 3.05) is 14.2 Å². The average molecular weight is 374 g/mol. The molecule has 0 unspecified atom stereocenters. The molecule has 2 aromatic rings. The average Bonchev–Trinajstić information content (AvgIpc) is 2.66. The number of sulfonamides is 1. The second-order valence-corrected chi connectivity index (χ2v) is 6.86. The molecule has 0 aromatic heterocycles. The van der Waals surface area contributed by atoms with Gasteiger partial charge in [-0.05, 0) is 48.0 Å². The van der Waals surface area contributed by atoms with Gasteiger partial charge >= 0.3 is 0 Å². The molecule has 0 aliphatic rings. The Morgan fingerprint density at radius 2 is 1.62 bits per heavy atom. The zero-order valence-corrected chi connectivity index (χ0v) is 15.0. The number of hydrogen-bond acceptors (Lipinski definition) is 5. The largest absolute Gasteiger partial charge is 0.497 e. The Kier molecular flexibility index (Phi) is 6.13. The molecule has 2 rings (SSSR count). The summed E-state index contributed by atoms with van der Waals surface area (Å²) in [5.74, 6) is -0.490. The molecule has 136 valence electrons. The number of methoxy groups -OCH3 is 1. The third-order valence-corrected chi connectivity index (χ3v) is 4.79. The quantitative estimate of drug-likeness (QED) is 0.748. The summed E-state index contributed by atoms with van der Waals surface area (Å²) in [6, 6.07) is 12.2. The van der Waals surface area contributed by atoms with Gasteiger partial charge in [0.1, 0.15) is 5.75 Å². The maximum absolute atomic E-state index is 12.2. The lowest BCUT2D eigenvalue weighted by molar-refractivity contribution is -0.114. The van der Waals surface area contributed by atoms with Crippen molar-refractivity contribution in [1.29, 1.82) is 0 Å². The first-order valence-electron chi connectivity index (χ1n) is 7.57. The van der Waals surface area contributed by atoms with Crippen LogP contribution in [0.2, 0.25) is 0 Å². The van der Waals surface area contributed by atoms with Crippen LogP contribution >= 0.6 is 0 Å². The van der Waals surface area contributed by atoms with Crippen LogP contribution in [0.1, 0.15) is 15.9 Å². The molecule has 0 atom stereocenters. The summed E-state index contributed by atoms with van der Waals surface area (Å²) in [5.41, 5.74) is 1.13. The summed E-state index contributed by atoms with van der Waals surface area (Å²) in [7, 11) is -0.968. The normalized spacial score (nSPS) is 11.2. The second-order valence-electron chi connectivity index (χ2n) is 5.18. The van der Waals surface area contributed by atoms with Gasteiger partial charge in [-0.3, -0.25) is 9.59 Å². The number of amides is 2. The molecule has 0 spiro atoms. The standard InChI is InChI=1S/C18H18N2O5S/c1-19-18(22)14-6-3-13(4-7-14)5-12-17(21)20-26(23,24)16-10-8-15(25-2)9-11-16/h3-12H,1-2H3,(H,19,22)(H,20,21)/b12-5+. The van der Waals surface area contributed by atoms with Crippen molar-refractivity contribution >= 4 is 27.9 Å². The van der Waals surface area contributed by atoms with Crippen molar-refractivity contribution in [3.63, 3.8) is 0 Å². The number of rotatable bonds is 6. The number of ether oxygens (including phenoxy) is 1. The molecule has 26 heavy (non-hydrogen) atoms. The molecule has 0 heterocycles. The highest BCUT2D eigenvalue weighted by molar-refractivity contribution is 7.90. The minimum Gasteiger partial charge on any atom is -0.497 e. The molecular weight excluding hydrogens is 356 g/mol. The van der Waals surface area contributed by atoms with Crippen LogP contribution in [-0.2, 0) is 14.8 Å². The predicted octanol–water partition coefficient (Wildman–Crippen LogP) is 1.57. The Bertz CT molecular complexity index is 917. The summed E-state index contributed by atoms with van der Waals surface area (Å²) >= 11 is 0. The Balaban J connectivity index is 2.04. The maximum Gasteiger partial charge on any atom is 0.264 e. The van der Waals surface area contributed by atoms with E-state index in [9.17, 15) is 18.0 Å². The summed E-state index contributed by atoms with van der Waals surface area (Å²) in [6.07, 6.45) is 2.56. The van der Waals surface area contributed by atoms with E-state index in [0.717, 1.165) is 6.08 Å². The summed E-state index contributed by atoms with van der Waals surface area (Å²) < 4.78 is 31.2. The second kappa shape index (κ2) is 8.30. The molecule has 2 N–H and O–H groups in total. The van der Waals surface area contributed by atoms with E-state index in [0.29, 0.717) is 16.9 Å². The van der Waals surface area contributed by atoms with Gasteiger partial charge in [0.2, 0.25) is 0 Å². The minimum atomic E-state index is -3.97. The van der Waals surface area contributed by atoms with Crippen LogP contribution < -0.4 is 14.8 Å². The van der Waals surface area contributed by atoms with Gasteiger partial charge < -0.3 is 10.1 Å². The highest BCUT2D eigenvalue weighted by Crippen LogP contribution is 2.15. The topological polar surface area (TPSA) is 102 Å². The molecular formula is C18H18N2O5S. The highest BCUT2D eigenvalue weighted by atomic mass is 32.2. The van der Waals surface area contributed by atoms with Crippen LogP contribution in [0.25, 0.3) is 6.08 Å². The molecule has 2 amide bonds. The van der Waals surface area contributed by atoms with Crippen LogP contribution in [0.5, 0.6) is 5.75 Å². The number of hydrogen-bond donors (Lipinski definition) is 2. The molecule has 7 nitrogen and oxygen atoms in total. The first-order valence-corrected chi connectivity index (χ1v) is 9.05. The lowest BCUT2D eigenvalue weighted by Gasteiger charge is -2.06. The van der Waals surface area contributed by atoms with Crippen molar-refractivity contribution < 1.29 is 22.7 Å².